The number of halogens is 2. The maximum atomic E-state index is 5.93. The summed E-state index contributed by atoms with van der Waals surface area (Å²) in [5, 5.41) is 0.295. The number of hydrogen-bond acceptors (Lipinski definition) is 4. The lowest BCUT2D eigenvalue weighted by Crippen LogP contribution is -1.94. The largest absolute Gasteiger partial charge is 0.461 e. The molecule has 0 amide bonds. The van der Waals surface area contributed by atoms with Gasteiger partial charge in [-0.1, -0.05) is 11.6 Å². The SMILES string of the molecule is Nc1ncnc(-c2occc2Br)c1Cl. The fourth-order valence-electron chi connectivity index (χ4n) is 1.00. The van der Waals surface area contributed by atoms with E-state index in [0.717, 1.165) is 4.47 Å². The van der Waals surface area contributed by atoms with Crippen molar-refractivity contribution in [3.05, 3.63) is 28.2 Å². The van der Waals surface area contributed by atoms with Crippen LogP contribution in [0, 0.1) is 0 Å². The second-order valence-corrected chi connectivity index (χ2v) is 3.75. The highest BCUT2D eigenvalue weighted by molar-refractivity contribution is 9.10. The molecule has 0 fully saturated rings. The summed E-state index contributed by atoms with van der Waals surface area (Å²) in [4.78, 5) is 7.75. The molecule has 72 valence electrons. The number of rotatable bonds is 1. The summed E-state index contributed by atoms with van der Waals surface area (Å²) in [6.45, 7) is 0. The lowest BCUT2D eigenvalue weighted by atomic mass is 10.3. The molecular formula is C8H5BrClN3O. The highest BCUT2D eigenvalue weighted by atomic mass is 79.9. The Morgan fingerprint density at radius 3 is 2.86 bits per heavy atom. The van der Waals surface area contributed by atoms with Gasteiger partial charge in [0.2, 0.25) is 0 Å². The summed E-state index contributed by atoms with van der Waals surface area (Å²) in [6.07, 6.45) is 2.87. The van der Waals surface area contributed by atoms with Gasteiger partial charge in [0.1, 0.15) is 22.9 Å². The van der Waals surface area contributed by atoms with Crippen LogP contribution >= 0.6 is 27.5 Å². The lowest BCUT2D eigenvalue weighted by molar-refractivity contribution is 0.578. The van der Waals surface area contributed by atoms with Gasteiger partial charge in [0.25, 0.3) is 0 Å². The highest BCUT2D eigenvalue weighted by Gasteiger charge is 2.14. The Labute approximate surface area is 93.2 Å². The molecule has 0 aromatic carbocycles. The first-order valence-corrected chi connectivity index (χ1v) is 4.86. The lowest BCUT2D eigenvalue weighted by Gasteiger charge is -2.01. The smallest absolute Gasteiger partial charge is 0.168 e. The molecule has 0 saturated heterocycles. The van der Waals surface area contributed by atoms with E-state index in [4.69, 9.17) is 21.8 Å². The van der Waals surface area contributed by atoms with Crippen LogP contribution in [0.4, 0.5) is 5.82 Å². The monoisotopic (exact) mass is 273 g/mol. The predicted molar refractivity (Wildman–Crippen MR) is 56.9 cm³/mol. The molecule has 2 heterocycles. The zero-order valence-electron chi connectivity index (χ0n) is 6.87. The van der Waals surface area contributed by atoms with E-state index in [-0.39, 0.29) is 5.82 Å². The Morgan fingerprint density at radius 1 is 1.43 bits per heavy atom. The summed E-state index contributed by atoms with van der Waals surface area (Å²) >= 11 is 9.23. The van der Waals surface area contributed by atoms with E-state index in [1.807, 2.05) is 0 Å². The van der Waals surface area contributed by atoms with Crippen LogP contribution in [0.5, 0.6) is 0 Å². The van der Waals surface area contributed by atoms with Crippen molar-refractivity contribution < 1.29 is 4.42 Å². The van der Waals surface area contributed by atoms with Crippen molar-refractivity contribution in [2.24, 2.45) is 0 Å². The molecule has 0 aliphatic heterocycles. The summed E-state index contributed by atoms with van der Waals surface area (Å²) in [5.74, 6) is 0.782. The quantitative estimate of drug-likeness (QED) is 0.868. The van der Waals surface area contributed by atoms with E-state index in [2.05, 4.69) is 25.9 Å². The van der Waals surface area contributed by atoms with Crippen molar-refractivity contribution in [1.82, 2.24) is 9.97 Å². The van der Waals surface area contributed by atoms with E-state index in [1.165, 1.54) is 12.6 Å². The summed E-state index contributed by atoms with van der Waals surface area (Å²) in [7, 11) is 0. The number of nitrogens with zero attached hydrogens (tertiary/aromatic N) is 2. The van der Waals surface area contributed by atoms with Gasteiger partial charge in [-0.2, -0.15) is 0 Å². The van der Waals surface area contributed by atoms with E-state index in [0.29, 0.717) is 16.5 Å². The third-order valence-electron chi connectivity index (χ3n) is 1.65. The van der Waals surface area contributed by atoms with Crippen LogP contribution in [-0.2, 0) is 0 Å². The third kappa shape index (κ3) is 1.49. The van der Waals surface area contributed by atoms with Gasteiger partial charge in [0, 0.05) is 0 Å². The van der Waals surface area contributed by atoms with Crippen LogP contribution in [-0.4, -0.2) is 9.97 Å². The van der Waals surface area contributed by atoms with Crippen molar-refractivity contribution in [3.8, 4) is 11.5 Å². The molecule has 2 aromatic heterocycles. The molecule has 0 spiro atoms. The predicted octanol–water partition coefficient (Wildman–Crippen LogP) is 2.73. The fraction of sp³-hybridized carbons (Fsp3) is 0. The minimum Gasteiger partial charge on any atom is -0.461 e. The first kappa shape index (κ1) is 9.48. The molecule has 0 radical (unpaired) electrons. The van der Waals surface area contributed by atoms with Gasteiger partial charge in [0.05, 0.1) is 10.7 Å². The Bertz CT molecular complexity index is 471. The van der Waals surface area contributed by atoms with Gasteiger partial charge in [-0.05, 0) is 22.0 Å². The normalized spacial score (nSPS) is 10.4. The molecular weight excluding hydrogens is 269 g/mol. The number of aromatic nitrogens is 2. The molecule has 2 aromatic rings. The molecule has 6 heteroatoms. The van der Waals surface area contributed by atoms with Gasteiger partial charge in [-0.3, -0.25) is 0 Å². The topological polar surface area (TPSA) is 64.9 Å². The summed E-state index contributed by atoms with van der Waals surface area (Å²) in [5.41, 5.74) is 6.02. The van der Waals surface area contributed by atoms with E-state index >= 15 is 0 Å². The average Bonchev–Trinajstić information content (AvgIpc) is 2.57. The maximum absolute atomic E-state index is 5.93. The molecule has 14 heavy (non-hydrogen) atoms. The standard InChI is InChI=1S/C8H5BrClN3O/c9-4-1-2-14-7(4)6-5(10)8(11)13-3-12-6/h1-3H,(H2,11,12,13). The summed E-state index contributed by atoms with van der Waals surface area (Å²) in [6, 6.07) is 1.75. The molecule has 0 aliphatic carbocycles. The van der Waals surface area contributed by atoms with Crippen LogP contribution in [0.1, 0.15) is 0 Å². The first-order valence-electron chi connectivity index (χ1n) is 3.69. The Morgan fingerprint density at radius 2 is 2.21 bits per heavy atom. The molecule has 2 rings (SSSR count). The minimum absolute atomic E-state index is 0.236. The fourth-order valence-corrected chi connectivity index (χ4v) is 1.58. The molecule has 2 N–H and O–H groups in total. The second kappa shape index (κ2) is 3.59. The number of anilines is 1. The molecule has 0 aliphatic rings. The van der Waals surface area contributed by atoms with Gasteiger partial charge in [-0.25, -0.2) is 9.97 Å². The Balaban J connectivity index is 2.63. The van der Waals surface area contributed by atoms with Crippen molar-refractivity contribution >= 4 is 33.3 Å². The zero-order chi connectivity index (χ0) is 10.1. The molecule has 0 bridgehead atoms. The minimum atomic E-state index is 0.236. The number of nitrogen functional groups attached to an aromatic ring is 1. The first-order chi connectivity index (χ1) is 6.70. The van der Waals surface area contributed by atoms with Gasteiger partial charge >= 0.3 is 0 Å². The second-order valence-electron chi connectivity index (χ2n) is 2.52. The van der Waals surface area contributed by atoms with Crippen molar-refractivity contribution in [2.75, 3.05) is 5.73 Å². The molecule has 0 unspecified atom stereocenters. The van der Waals surface area contributed by atoms with Gasteiger partial charge in [-0.15, -0.1) is 0 Å². The number of nitrogens with two attached hydrogens (primary N) is 1. The zero-order valence-corrected chi connectivity index (χ0v) is 9.21. The van der Waals surface area contributed by atoms with Crippen molar-refractivity contribution in [1.29, 1.82) is 0 Å². The van der Waals surface area contributed by atoms with Crippen LogP contribution in [0.15, 0.2) is 27.5 Å². The number of furan rings is 1. The molecule has 4 nitrogen and oxygen atoms in total. The maximum Gasteiger partial charge on any atom is 0.168 e. The van der Waals surface area contributed by atoms with Crippen LogP contribution in [0.2, 0.25) is 5.02 Å². The van der Waals surface area contributed by atoms with E-state index in [1.54, 1.807) is 6.07 Å². The molecule has 0 saturated carbocycles. The van der Waals surface area contributed by atoms with Crippen molar-refractivity contribution in [2.45, 2.75) is 0 Å². The van der Waals surface area contributed by atoms with Crippen LogP contribution in [0.25, 0.3) is 11.5 Å². The Hall–Kier alpha value is -1.07. The molecule has 0 atom stereocenters. The van der Waals surface area contributed by atoms with Gasteiger partial charge < -0.3 is 10.2 Å². The van der Waals surface area contributed by atoms with Crippen molar-refractivity contribution in [3.63, 3.8) is 0 Å². The van der Waals surface area contributed by atoms with Crippen LogP contribution in [0.3, 0.4) is 0 Å². The number of hydrogen-bond donors (Lipinski definition) is 1. The van der Waals surface area contributed by atoms with E-state index in [9.17, 15) is 0 Å². The van der Waals surface area contributed by atoms with E-state index < -0.39 is 0 Å². The van der Waals surface area contributed by atoms with Gasteiger partial charge in [0.15, 0.2) is 5.76 Å². The Kier molecular flexibility index (Phi) is 2.43. The summed E-state index contributed by atoms with van der Waals surface area (Å²) < 4.78 is 5.98. The average molecular weight is 275 g/mol. The third-order valence-corrected chi connectivity index (χ3v) is 2.65. The highest BCUT2D eigenvalue weighted by Crippen LogP contribution is 2.34. The van der Waals surface area contributed by atoms with Crippen LogP contribution < -0.4 is 5.73 Å².